The van der Waals surface area contributed by atoms with Crippen molar-refractivity contribution in [2.75, 3.05) is 30.5 Å². The van der Waals surface area contributed by atoms with Gasteiger partial charge in [0.05, 0.1) is 17.6 Å². The van der Waals surface area contributed by atoms with Crippen molar-refractivity contribution < 1.29 is 13.9 Å². The average molecular weight is 415 g/mol. The number of rotatable bonds is 8. The number of aromatic nitrogens is 3. The average Bonchev–Trinajstić information content (AvgIpc) is 3.44. The zero-order valence-corrected chi connectivity index (χ0v) is 16.9. The fourth-order valence-corrected chi connectivity index (χ4v) is 4.03. The van der Waals surface area contributed by atoms with Crippen molar-refractivity contribution in [1.82, 2.24) is 14.8 Å². The molecule has 1 saturated heterocycles. The highest BCUT2D eigenvalue weighted by Crippen LogP contribution is 2.31. The molecule has 1 aliphatic heterocycles. The van der Waals surface area contributed by atoms with Crippen LogP contribution in [0, 0.1) is 5.82 Å². The first-order valence-electron chi connectivity index (χ1n) is 9.48. The molecule has 1 amide bonds. The Bertz CT molecular complexity index is 1000. The summed E-state index contributed by atoms with van der Waals surface area (Å²) >= 11 is 1.40. The van der Waals surface area contributed by atoms with Gasteiger partial charge in [-0.1, -0.05) is 0 Å². The number of ether oxygens (including phenoxy) is 1. The number of halogens is 1. The molecule has 1 aromatic carbocycles. The van der Waals surface area contributed by atoms with E-state index in [0.29, 0.717) is 41.6 Å². The van der Waals surface area contributed by atoms with E-state index in [1.54, 1.807) is 30.3 Å². The van der Waals surface area contributed by atoms with Gasteiger partial charge in [-0.25, -0.2) is 9.37 Å². The number of aryl methyl sites for hydroxylation is 1. The first-order valence-corrected chi connectivity index (χ1v) is 10.4. The zero-order valence-electron chi connectivity index (χ0n) is 16.1. The summed E-state index contributed by atoms with van der Waals surface area (Å²) in [5.74, 6) is -0.343. The lowest BCUT2D eigenvalue weighted by Crippen LogP contribution is -2.23. The minimum atomic E-state index is -0.384. The Morgan fingerprint density at radius 1 is 1.38 bits per heavy atom. The van der Waals surface area contributed by atoms with Gasteiger partial charge in [0.15, 0.2) is 5.13 Å². The van der Waals surface area contributed by atoms with E-state index in [4.69, 9.17) is 4.74 Å². The smallest absolute Gasteiger partial charge is 0.227 e. The lowest BCUT2D eigenvalue weighted by molar-refractivity contribution is -0.117. The van der Waals surface area contributed by atoms with Gasteiger partial charge in [-0.15, -0.1) is 11.3 Å². The number of hydrogen-bond acceptors (Lipinski definition) is 6. The van der Waals surface area contributed by atoms with E-state index in [2.05, 4.69) is 15.4 Å². The summed E-state index contributed by atoms with van der Waals surface area (Å²) in [6.45, 7) is 2.10. The number of amides is 1. The van der Waals surface area contributed by atoms with Gasteiger partial charge in [0, 0.05) is 56.1 Å². The molecule has 0 spiro atoms. The molecule has 7 nitrogen and oxygen atoms in total. The molecule has 0 radical (unpaired) electrons. The van der Waals surface area contributed by atoms with Crippen molar-refractivity contribution in [2.45, 2.75) is 25.8 Å². The summed E-state index contributed by atoms with van der Waals surface area (Å²) in [6.07, 6.45) is 5.85. The van der Waals surface area contributed by atoms with Crippen LogP contribution >= 0.6 is 11.3 Å². The maximum Gasteiger partial charge on any atom is 0.227 e. The third-order valence-corrected chi connectivity index (χ3v) is 5.50. The summed E-state index contributed by atoms with van der Waals surface area (Å²) < 4.78 is 21.6. The Morgan fingerprint density at radius 3 is 3.03 bits per heavy atom. The second kappa shape index (κ2) is 8.71. The number of anilines is 3. The van der Waals surface area contributed by atoms with Crippen LogP contribution in [0.5, 0.6) is 0 Å². The lowest BCUT2D eigenvalue weighted by Gasteiger charge is -2.16. The van der Waals surface area contributed by atoms with Gasteiger partial charge >= 0.3 is 0 Å². The second-order valence-electron chi connectivity index (χ2n) is 6.81. The van der Waals surface area contributed by atoms with Crippen LogP contribution in [0.4, 0.5) is 20.9 Å². The molecule has 0 bridgehead atoms. The molecule has 29 heavy (non-hydrogen) atoms. The first-order chi connectivity index (χ1) is 14.1. The Hall–Kier alpha value is -2.78. The molecule has 152 valence electrons. The van der Waals surface area contributed by atoms with Crippen LogP contribution in [-0.2, 0) is 16.1 Å². The number of benzene rings is 1. The number of hydrogen-bond donors (Lipinski definition) is 1. The highest BCUT2D eigenvalue weighted by molar-refractivity contribution is 7.14. The molecule has 9 heteroatoms. The molecule has 4 rings (SSSR count). The van der Waals surface area contributed by atoms with Crippen molar-refractivity contribution in [3.05, 3.63) is 41.8 Å². The third kappa shape index (κ3) is 4.46. The fourth-order valence-electron chi connectivity index (χ4n) is 3.30. The topological polar surface area (TPSA) is 72.3 Å². The summed E-state index contributed by atoms with van der Waals surface area (Å²) in [5, 5.41) is 9.98. The van der Waals surface area contributed by atoms with Gasteiger partial charge in [0.1, 0.15) is 5.82 Å². The highest BCUT2D eigenvalue weighted by atomic mass is 32.1. The van der Waals surface area contributed by atoms with Crippen molar-refractivity contribution in [3.63, 3.8) is 0 Å². The number of nitrogens with zero attached hydrogens (tertiary/aromatic N) is 4. The Kier molecular flexibility index (Phi) is 5.86. The number of carbonyl (C=O) groups is 1. The molecule has 1 aliphatic rings. The van der Waals surface area contributed by atoms with Crippen molar-refractivity contribution in [3.8, 4) is 11.3 Å². The quantitative estimate of drug-likeness (QED) is 0.562. The number of nitrogens with one attached hydrogen (secondary N) is 1. The third-order valence-electron chi connectivity index (χ3n) is 4.74. The molecule has 0 atom stereocenters. The Balaban J connectivity index is 1.44. The monoisotopic (exact) mass is 415 g/mol. The fraction of sp³-hybridized carbons (Fsp3) is 0.350. The molecule has 1 N–H and O–H groups in total. The van der Waals surface area contributed by atoms with Gasteiger partial charge in [0.25, 0.3) is 0 Å². The van der Waals surface area contributed by atoms with E-state index in [-0.39, 0.29) is 11.7 Å². The van der Waals surface area contributed by atoms with Crippen LogP contribution in [0.25, 0.3) is 11.3 Å². The molecule has 3 heterocycles. The SMILES string of the molecule is COCCCn1cc(Nc2nc(-c3ccc(N4CCCC4=O)cc3F)cs2)cn1. The van der Waals surface area contributed by atoms with Gasteiger partial charge in [-0.2, -0.15) is 5.10 Å². The van der Waals surface area contributed by atoms with Crippen molar-refractivity contribution >= 4 is 33.8 Å². The van der Waals surface area contributed by atoms with Gasteiger partial charge in [-0.05, 0) is 31.0 Å². The summed E-state index contributed by atoms with van der Waals surface area (Å²) in [5.41, 5.74) is 2.40. The molecule has 0 aliphatic carbocycles. The minimum absolute atomic E-state index is 0.0417. The molecule has 2 aromatic heterocycles. The van der Waals surface area contributed by atoms with Crippen molar-refractivity contribution in [2.24, 2.45) is 0 Å². The number of methoxy groups -OCH3 is 1. The van der Waals surface area contributed by atoms with Crippen LogP contribution in [0.1, 0.15) is 19.3 Å². The van der Waals surface area contributed by atoms with Crippen LogP contribution in [0.15, 0.2) is 36.0 Å². The molecule has 3 aromatic rings. The van der Waals surface area contributed by atoms with Crippen LogP contribution in [-0.4, -0.2) is 40.9 Å². The van der Waals surface area contributed by atoms with Gasteiger partial charge < -0.3 is 15.0 Å². The van der Waals surface area contributed by atoms with Crippen LogP contribution in [0.3, 0.4) is 0 Å². The van der Waals surface area contributed by atoms with E-state index in [1.807, 2.05) is 16.3 Å². The summed E-state index contributed by atoms with van der Waals surface area (Å²) in [7, 11) is 1.68. The second-order valence-corrected chi connectivity index (χ2v) is 7.67. The molecule has 0 saturated carbocycles. The maximum atomic E-state index is 14.7. The molecular weight excluding hydrogens is 393 g/mol. The van der Waals surface area contributed by atoms with Gasteiger partial charge in [-0.3, -0.25) is 9.48 Å². The van der Waals surface area contributed by atoms with Crippen LogP contribution < -0.4 is 10.2 Å². The predicted octanol–water partition coefficient (Wildman–Crippen LogP) is 4.05. The summed E-state index contributed by atoms with van der Waals surface area (Å²) in [6, 6.07) is 4.87. The van der Waals surface area contributed by atoms with Gasteiger partial charge in [0.2, 0.25) is 5.91 Å². The van der Waals surface area contributed by atoms with E-state index in [1.165, 1.54) is 17.4 Å². The predicted molar refractivity (Wildman–Crippen MR) is 111 cm³/mol. The molecular formula is C20H22FN5O2S. The van der Waals surface area contributed by atoms with E-state index in [9.17, 15) is 9.18 Å². The largest absolute Gasteiger partial charge is 0.385 e. The Morgan fingerprint density at radius 2 is 2.28 bits per heavy atom. The van der Waals surface area contributed by atoms with E-state index in [0.717, 1.165) is 25.1 Å². The number of carbonyl (C=O) groups excluding carboxylic acids is 1. The zero-order chi connectivity index (χ0) is 20.2. The van der Waals surface area contributed by atoms with Crippen LogP contribution in [0.2, 0.25) is 0 Å². The normalized spacial score (nSPS) is 14.0. The van der Waals surface area contributed by atoms with Crippen molar-refractivity contribution in [1.29, 1.82) is 0 Å². The van der Waals surface area contributed by atoms with E-state index < -0.39 is 0 Å². The maximum absolute atomic E-state index is 14.7. The first kappa shape index (κ1) is 19.5. The lowest BCUT2D eigenvalue weighted by atomic mass is 10.1. The minimum Gasteiger partial charge on any atom is -0.385 e. The molecule has 0 unspecified atom stereocenters. The summed E-state index contributed by atoms with van der Waals surface area (Å²) in [4.78, 5) is 18.0. The Labute approximate surface area is 172 Å². The molecule has 1 fully saturated rings. The van der Waals surface area contributed by atoms with E-state index >= 15 is 0 Å². The number of thiazole rings is 1. The highest BCUT2D eigenvalue weighted by Gasteiger charge is 2.23. The standard InChI is InChI=1S/C20H22FN5O2S/c1-28-9-3-7-25-12-14(11-22-25)23-20-24-18(13-29-20)16-6-5-15(10-17(16)21)26-8-2-4-19(26)27/h5-6,10-13H,2-4,7-9H2,1H3,(H,23,24).